The molecule has 0 radical (unpaired) electrons. The summed E-state index contributed by atoms with van der Waals surface area (Å²) in [5.74, 6) is -0.262. The number of carbonyl (C=O) groups is 1. The van der Waals surface area contributed by atoms with E-state index in [1.165, 1.54) is 5.38 Å². The van der Waals surface area contributed by atoms with Crippen molar-refractivity contribution < 1.29 is 13.2 Å². The SMILES string of the molecule is Cc1ccc(NS(=O)(=O)c2nc(C(=O)N3CCN(C)CC3)cs2)c2[nH]cc(C#N)c12. The van der Waals surface area contributed by atoms with Crippen LogP contribution in [0.15, 0.2) is 28.0 Å². The maximum Gasteiger partial charge on any atom is 0.289 e. The first-order chi connectivity index (χ1) is 14.3. The van der Waals surface area contributed by atoms with E-state index >= 15 is 0 Å². The van der Waals surface area contributed by atoms with Crippen molar-refractivity contribution in [3.8, 4) is 6.07 Å². The van der Waals surface area contributed by atoms with Gasteiger partial charge in [-0.1, -0.05) is 6.07 Å². The first-order valence-electron chi connectivity index (χ1n) is 9.27. The highest BCUT2D eigenvalue weighted by molar-refractivity contribution is 7.94. The van der Waals surface area contributed by atoms with E-state index in [-0.39, 0.29) is 15.9 Å². The van der Waals surface area contributed by atoms with E-state index in [2.05, 4.69) is 25.7 Å². The first-order valence-corrected chi connectivity index (χ1v) is 11.6. The second-order valence-electron chi connectivity index (χ2n) is 7.19. The van der Waals surface area contributed by atoms with Crippen LogP contribution in [0.4, 0.5) is 5.69 Å². The van der Waals surface area contributed by atoms with Gasteiger partial charge in [0.1, 0.15) is 11.8 Å². The van der Waals surface area contributed by atoms with Gasteiger partial charge in [0.05, 0.1) is 16.8 Å². The predicted molar refractivity (Wildman–Crippen MR) is 114 cm³/mol. The van der Waals surface area contributed by atoms with Crippen molar-refractivity contribution in [3.05, 3.63) is 40.5 Å². The van der Waals surface area contributed by atoms with E-state index in [0.717, 1.165) is 30.0 Å². The summed E-state index contributed by atoms with van der Waals surface area (Å²) in [6.45, 7) is 4.57. The minimum atomic E-state index is -3.99. The number of hydrogen-bond acceptors (Lipinski definition) is 7. The number of nitrogens with one attached hydrogen (secondary N) is 2. The van der Waals surface area contributed by atoms with Crippen molar-refractivity contribution in [2.45, 2.75) is 11.3 Å². The van der Waals surface area contributed by atoms with Gasteiger partial charge in [-0.2, -0.15) is 13.7 Å². The molecule has 0 bridgehead atoms. The molecule has 1 aliphatic heterocycles. The van der Waals surface area contributed by atoms with Gasteiger partial charge in [0.25, 0.3) is 15.9 Å². The number of H-pyrrole nitrogens is 1. The molecule has 4 rings (SSSR count). The molecule has 1 saturated heterocycles. The molecule has 3 aromatic rings. The summed E-state index contributed by atoms with van der Waals surface area (Å²) >= 11 is 0.905. The molecule has 1 fully saturated rings. The summed E-state index contributed by atoms with van der Waals surface area (Å²) in [5, 5.41) is 11.4. The zero-order chi connectivity index (χ0) is 21.5. The molecule has 0 spiro atoms. The third-order valence-corrected chi connectivity index (χ3v) is 7.75. The smallest absolute Gasteiger partial charge is 0.289 e. The van der Waals surface area contributed by atoms with Crippen LogP contribution in [0.2, 0.25) is 0 Å². The van der Waals surface area contributed by atoms with Crippen molar-refractivity contribution in [1.29, 1.82) is 5.26 Å². The minimum Gasteiger partial charge on any atom is -0.358 e. The third-order valence-electron chi connectivity index (χ3n) is 5.13. The Labute approximate surface area is 178 Å². The Morgan fingerprint density at radius 2 is 2.03 bits per heavy atom. The number of carbonyl (C=O) groups excluding carboxylic acids is 1. The lowest BCUT2D eigenvalue weighted by Crippen LogP contribution is -2.47. The Balaban J connectivity index is 1.59. The molecule has 1 aliphatic rings. The fraction of sp³-hybridized carbons (Fsp3) is 0.316. The van der Waals surface area contributed by atoms with Gasteiger partial charge in [-0.15, -0.1) is 11.3 Å². The van der Waals surface area contributed by atoms with Crippen molar-refractivity contribution in [3.63, 3.8) is 0 Å². The maximum atomic E-state index is 12.9. The number of sulfonamides is 1. The molecule has 3 heterocycles. The fourth-order valence-electron chi connectivity index (χ4n) is 3.43. The van der Waals surface area contributed by atoms with Crippen LogP contribution in [0, 0.1) is 18.3 Å². The zero-order valence-electron chi connectivity index (χ0n) is 16.5. The average Bonchev–Trinajstić information content (AvgIpc) is 3.38. The Morgan fingerprint density at radius 3 is 2.73 bits per heavy atom. The summed E-state index contributed by atoms with van der Waals surface area (Å²) in [6, 6.07) is 5.48. The number of likely N-dealkylation sites (N-methyl/N-ethyl adjacent to an activating group) is 1. The van der Waals surface area contributed by atoms with E-state index in [4.69, 9.17) is 0 Å². The van der Waals surface area contributed by atoms with Crippen molar-refractivity contribution in [2.75, 3.05) is 37.9 Å². The van der Waals surface area contributed by atoms with Crippen LogP contribution in [0.1, 0.15) is 21.6 Å². The lowest BCUT2D eigenvalue weighted by molar-refractivity contribution is 0.0658. The number of benzene rings is 1. The van der Waals surface area contributed by atoms with E-state index < -0.39 is 10.0 Å². The number of nitrogens with zero attached hydrogens (tertiary/aromatic N) is 4. The average molecular weight is 445 g/mol. The summed E-state index contributed by atoms with van der Waals surface area (Å²) in [6.07, 6.45) is 1.55. The van der Waals surface area contributed by atoms with Gasteiger partial charge in [-0.25, -0.2) is 4.98 Å². The first kappa shape index (κ1) is 20.3. The van der Waals surface area contributed by atoms with Gasteiger partial charge in [0.2, 0.25) is 4.34 Å². The Hall–Kier alpha value is -2.94. The van der Waals surface area contributed by atoms with Crippen LogP contribution >= 0.6 is 11.3 Å². The lowest BCUT2D eigenvalue weighted by Gasteiger charge is -2.31. The summed E-state index contributed by atoms with van der Waals surface area (Å²) in [5.41, 5.74) is 2.28. The normalized spacial score (nSPS) is 15.3. The molecular formula is C19H20N6O3S2. The molecule has 156 valence electrons. The highest BCUT2D eigenvalue weighted by Gasteiger charge is 2.26. The monoisotopic (exact) mass is 444 g/mol. The van der Waals surface area contributed by atoms with E-state index in [1.54, 1.807) is 23.2 Å². The topological polar surface area (TPSA) is 122 Å². The standard InChI is InChI=1S/C19H20N6O3S2/c1-12-3-4-14(17-16(12)13(9-20)10-21-17)23-30(27,28)19-22-15(11-29-19)18(26)25-7-5-24(2)6-8-25/h3-4,10-11,21,23H,5-8H2,1-2H3. The molecule has 2 N–H and O–H groups in total. The van der Waals surface area contributed by atoms with Gasteiger partial charge in [-0.3, -0.25) is 9.52 Å². The molecular weight excluding hydrogens is 424 g/mol. The predicted octanol–water partition coefficient (Wildman–Crippen LogP) is 1.99. The Kier molecular flexibility index (Phi) is 5.23. The number of hydrogen-bond donors (Lipinski definition) is 2. The largest absolute Gasteiger partial charge is 0.358 e. The van der Waals surface area contributed by atoms with Crippen molar-refractivity contribution in [1.82, 2.24) is 19.8 Å². The number of nitriles is 1. The molecule has 9 nitrogen and oxygen atoms in total. The number of thiazole rings is 1. The maximum absolute atomic E-state index is 12.9. The van der Waals surface area contributed by atoms with E-state index in [9.17, 15) is 18.5 Å². The number of fused-ring (bicyclic) bond motifs is 1. The number of aromatic nitrogens is 2. The van der Waals surface area contributed by atoms with Crippen LogP contribution in [0.5, 0.6) is 0 Å². The summed E-state index contributed by atoms with van der Waals surface area (Å²) in [4.78, 5) is 23.5. The Bertz CT molecular complexity index is 1260. The van der Waals surface area contributed by atoms with E-state index in [0.29, 0.717) is 35.2 Å². The number of anilines is 1. The molecule has 11 heteroatoms. The van der Waals surface area contributed by atoms with Crippen LogP contribution in [0.25, 0.3) is 10.9 Å². The lowest BCUT2D eigenvalue weighted by atomic mass is 10.1. The molecule has 30 heavy (non-hydrogen) atoms. The van der Waals surface area contributed by atoms with Crippen LogP contribution in [-0.4, -0.2) is 67.3 Å². The highest BCUT2D eigenvalue weighted by atomic mass is 32.2. The zero-order valence-corrected chi connectivity index (χ0v) is 18.1. The van der Waals surface area contributed by atoms with Gasteiger partial charge < -0.3 is 14.8 Å². The molecule has 0 unspecified atom stereocenters. The number of aromatic amines is 1. The highest BCUT2D eigenvalue weighted by Crippen LogP contribution is 2.30. The molecule has 1 amide bonds. The summed E-state index contributed by atoms with van der Waals surface area (Å²) < 4.78 is 28.1. The second kappa shape index (κ2) is 7.71. The fourth-order valence-corrected chi connectivity index (χ4v) is 5.49. The number of rotatable bonds is 4. The summed E-state index contributed by atoms with van der Waals surface area (Å²) in [7, 11) is -2.00. The van der Waals surface area contributed by atoms with Gasteiger partial charge in [0, 0.05) is 43.1 Å². The molecule has 0 atom stereocenters. The number of aryl methyl sites for hydroxylation is 1. The molecule has 0 aliphatic carbocycles. The second-order valence-corrected chi connectivity index (χ2v) is 9.91. The molecule has 0 saturated carbocycles. The quantitative estimate of drug-likeness (QED) is 0.635. The van der Waals surface area contributed by atoms with Crippen LogP contribution < -0.4 is 4.72 Å². The van der Waals surface area contributed by atoms with Gasteiger partial charge in [0.15, 0.2) is 0 Å². The van der Waals surface area contributed by atoms with E-state index in [1.807, 2.05) is 14.0 Å². The Morgan fingerprint density at radius 1 is 1.30 bits per heavy atom. The molecule has 1 aromatic carbocycles. The van der Waals surface area contributed by atoms with Gasteiger partial charge >= 0.3 is 0 Å². The van der Waals surface area contributed by atoms with Crippen LogP contribution in [0.3, 0.4) is 0 Å². The number of piperazine rings is 1. The van der Waals surface area contributed by atoms with Crippen molar-refractivity contribution >= 4 is 43.9 Å². The van der Waals surface area contributed by atoms with Crippen LogP contribution in [-0.2, 0) is 10.0 Å². The minimum absolute atomic E-state index is 0.130. The molecule has 2 aromatic heterocycles. The van der Waals surface area contributed by atoms with Gasteiger partial charge in [-0.05, 0) is 25.6 Å². The number of amides is 1. The third kappa shape index (κ3) is 3.65. The van der Waals surface area contributed by atoms with Crippen molar-refractivity contribution in [2.24, 2.45) is 0 Å².